The van der Waals surface area contributed by atoms with Crippen molar-refractivity contribution in [3.05, 3.63) is 28.2 Å². The maximum absolute atomic E-state index is 12.5. The van der Waals surface area contributed by atoms with Crippen LogP contribution >= 0.6 is 11.3 Å². The maximum atomic E-state index is 12.5. The van der Waals surface area contributed by atoms with Crippen LogP contribution in [-0.2, 0) is 0 Å². The Morgan fingerprint density at radius 3 is 2.50 bits per heavy atom. The zero-order chi connectivity index (χ0) is 14.9. The van der Waals surface area contributed by atoms with E-state index in [0.29, 0.717) is 16.6 Å². The third-order valence-corrected chi connectivity index (χ3v) is 3.79. The molecule has 6 heteroatoms. The van der Waals surface area contributed by atoms with E-state index in [0.717, 1.165) is 10.8 Å². The number of aryl methyl sites for hydroxylation is 1. The molecule has 0 spiro atoms. The predicted molar refractivity (Wildman–Crippen MR) is 83.5 cm³/mol. The molecule has 0 aliphatic carbocycles. The Bertz CT molecular complexity index is 657. The Morgan fingerprint density at radius 1 is 1.20 bits per heavy atom. The first-order valence-corrected chi connectivity index (χ1v) is 7.54. The predicted octanol–water partition coefficient (Wildman–Crippen LogP) is 3.08. The second-order valence-corrected chi connectivity index (χ2v) is 6.35. The topological polar surface area (TPSA) is 59.8 Å². The van der Waals surface area contributed by atoms with Crippen LogP contribution in [0.15, 0.2) is 16.9 Å². The van der Waals surface area contributed by atoms with Gasteiger partial charge in [-0.2, -0.15) is 0 Å². The fraction of sp³-hybridized carbons (Fsp3) is 0.500. The van der Waals surface area contributed by atoms with Gasteiger partial charge in [-0.3, -0.25) is 4.79 Å². The lowest BCUT2D eigenvalue weighted by molar-refractivity contribution is 0.564. The molecule has 20 heavy (non-hydrogen) atoms. The van der Waals surface area contributed by atoms with Gasteiger partial charge >= 0.3 is 0 Å². The highest BCUT2D eigenvalue weighted by molar-refractivity contribution is 7.18. The van der Waals surface area contributed by atoms with Crippen molar-refractivity contribution >= 4 is 16.5 Å². The van der Waals surface area contributed by atoms with Crippen LogP contribution in [0.2, 0.25) is 0 Å². The molecule has 0 radical (unpaired) electrons. The SMILES string of the molecule is Cc1ccc(-c2nnc(NC(C)C)s2)c(=O)n1C(C)C. The van der Waals surface area contributed by atoms with Gasteiger partial charge in [0.1, 0.15) is 0 Å². The van der Waals surface area contributed by atoms with Gasteiger partial charge in [0, 0.05) is 17.8 Å². The van der Waals surface area contributed by atoms with Crippen LogP contribution in [0.3, 0.4) is 0 Å². The van der Waals surface area contributed by atoms with Crippen molar-refractivity contribution in [2.24, 2.45) is 0 Å². The molecule has 0 saturated carbocycles. The Morgan fingerprint density at radius 2 is 1.90 bits per heavy atom. The van der Waals surface area contributed by atoms with Crippen LogP contribution in [-0.4, -0.2) is 20.8 Å². The van der Waals surface area contributed by atoms with Gasteiger partial charge in [0.05, 0.1) is 5.56 Å². The van der Waals surface area contributed by atoms with Crippen molar-refractivity contribution in [3.63, 3.8) is 0 Å². The Kier molecular flexibility index (Phi) is 4.23. The minimum atomic E-state index is -0.00718. The number of hydrogen-bond donors (Lipinski definition) is 1. The summed E-state index contributed by atoms with van der Waals surface area (Å²) < 4.78 is 1.78. The second kappa shape index (κ2) is 5.75. The summed E-state index contributed by atoms with van der Waals surface area (Å²) in [6, 6.07) is 4.20. The van der Waals surface area contributed by atoms with Gasteiger partial charge in [-0.15, -0.1) is 10.2 Å². The number of rotatable bonds is 4. The standard InChI is InChI=1S/C14H20N4OS/c1-8(2)15-14-17-16-12(20-14)11-7-6-10(5)18(9(3)4)13(11)19/h6-9H,1-5H3,(H,15,17). The zero-order valence-electron chi connectivity index (χ0n) is 12.5. The molecule has 2 rings (SSSR count). The van der Waals surface area contributed by atoms with Crippen LogP contribution in [0.1, 0.15) is 39.4 Å². The first-order chi connectivity index (χ1) is 9.40. The molecule has 0 aliphatic heterocycles. The van der Waals surface area contributed by atoms with E-state index >= 15 is 0 Å². The summed E-state index contributed by atoms with van der Waals surface area (Å²) in [6.07, 6.45) is 0. The lowest BCUT2D eigenvalue weighted by atomic mass is 10.2. The fourth-order valence-electron chi connectivity index (χ4n) is 2.09. The average molecular weight is 292 g/mol. The van der Waals surface area contributed by atoms with E-state index in [1.807, 2.05) is 46.8 Å². The molecule has 108 valence electrons. The van der Waals surface area contributed by atoms with E-state index in [4.69, 9.17) is 0 Å². The first kappa shape index (κ1) is 14.7. The first-order valence-electron chi connectivity index (χ1n) is 6.72. The number of hydrogen-bond acceptors (Lipinski definition) is 5. The maximum Gasteiger partial charge on any atom is 0.261 e. The van der Waals surface area contributed by atoms with Crippen LogP contribution in [0.4, 0.5) is 5.13 Å². The lowest BCUT2D eigenvalue weighted by Crippen LogP contribution is -2.25. The van der Waals surface area contributed by atoms with Gasteiger partial charge in [-0.1, -0.05) is 11.3 Å². The van der Waals surface area contributed by atoms with Gasteiger partial charge in [0.15, 0.2) is 5.01 Å². The van der Waals surface area contributed by atoms with Crippen molar-refractivity contribution in [2.75, 3.05) is 5.32 Å². The lowest BCUT2D eigenvalue weighted by Gasteiger charge is -2.14. The molecule has 0 aromatic carbocycles. The minimum absolute atomic E-state index is 0.00718. The smallest absolute Gasteiger partial charge is 0.261 e. The van der Waals surface area contributed by atoms with E-state index in [2.05, 4.69) is 15.5 Å². The quantitative estimate of drug-likeness (QED) is 0.940. The normalized spacial score (nSPS) is 11.3. The van der Waals surface area contributed by atoms with Crippen molar-refractivity contribution < 1.29 is 0 Å². The van der Waals surface area contributed by atoms with E-state index in [9.17, 15) is 4.79 Å². The fourth-order valence-corrected chi connectivity index (χ4v) is 2.99. The summed E-state index contributed by atoms with van der Waals surface area (Å²) >= 11 is 1.41. The summed E-state index contributed by atoms with van der Waals surface area (Å²) in [5.41, 5.74) is 1.56. The van der Waals surface area contributed by atoms with Crippen molar-refractivity contribution in [1.29, 1.82) is 0 Å². The Hall–Kier alpha value is -1.69. The number of aromatic nitrogens is 3. The molecule has 1 N–H and O–H groups in total. The van der Waals surface area contributed by atoms with Crippen LogP contribution in [0.5, 0.6) is 0 Å². The van der Waals surface area contributed by atoms with Crippen LogP contribution < -0.4 is 10.9 Å². The third-order valence-electron chi connectivity index (χ3n) is 2.90. The summed E-state index contributed by atoms with van der Waals surface area (Å²) in [5, 5.41) is 12.8. The van der Waals surface area contributed by atoms with Gasteiger partial charge in [-0.05, 0) is 46.8 Å². The van der Waals surface area contributed by atoms with E-state index in [1.54, 1.807) is 4.57 Å². The van der Waals surface area contributed by atoms with E-state index in [1.165, 1.54) is 11.3 Å². The number of nitrogens with zero attached hydrogens (tertiary/aromatic N) is 3. The molecule has 0 aliphatic rings. The van der Waals surface area contributed by atoms with Gasteiger partial charge in [-0.25, -0.2) is 0 Å². The van der Waals surface area contributed by atoms with Crippen LogP contribution in [0, 0.1) is 6.92 Å². The molecule has 0 atom stereocenters. The molecular formula is C14H20N4OS. The van der Waals surface area contributed by atoms with Gasteiger partial charge in [0.25, 0.3) is 5.56 Å². The van der Waals surface area contributed by atoms with E-state index < -0.39 is 0 Å². The molecule has 2 heterocycles. The molecule has 2 aromatic rings. The molecule has 0 amide bonds. The summed E-state index contributed by atoms with van der Waals surface area (Å²) in [4.78, 5) is 12.5. The number of nitrogens with one attached hydrogen (secondary N) is 1. The number of pyridine rings is 1. The number of anilines is 1. The molecule has 5 nitrogen and oxygen atoms in total. The Labute approximate surface area is 122 Å². The molecule has 2 aromatic heterocycles. The highest BCUT2D eigenvalue weighted by Gasteiger charge is 2.14. The minimum Gasteiger partial charge on any atom is -0.358 e. The van der Waals surface area contributed by atoms with Crippen LogP contribution in [0.25, 0.3) is 10.6 Å². The monoisotopic (exact) mass is 292 g/mol. The third kappa shape index (κ3) is 2.90. The summed E-state index contributed by atoms with van der Waals surface area (Å²) in [7, 11) is 0. The zero-order valence-corrected chi connectivity index (χ0v) is 13.3. The molecule has 0 saturated heterocycles. The van der Waals surface area contributed by atoms with Gasteiger partial charge in [0.2, 0.25) is 5.13 Å². The molecule has 0 bridgehead atoms. The highest BCUT2D eigenvalue weighted by atomic mass is 32.1. The largest absolute Gasteiger partial charge is 0.358 e. The average Bonchev–Trinajstić information content (AvgIpc) is 2.76. The second-order valence-electron chi connectivity index (χ2n) is 5.37. The van der Waals surface area contributed by atoms with Crippen molar-refractivity contribution in [1.82, 2.24) is 14.8 Å². The van der Waals surface area contributed by atoms with Crippen molar-refractivity contribution in [2.45, 2.75) is 46.7 Å². The Balaban J connectivity index is 2.46. The van der Waals surface area contributed by atoms with Crippen molar-refractivity contribution in [3.8, 4) is 10.6 Å². The highest BCUT2D eigenvalue weighted by Crippen LogP contribution is 2.25. The van der Waals surface area contributed by atoms with E-state index in [-0.39, 0.29) is 11.6 Å². The molecule has 0 unspecified atom stereocenters. The summed E-state index contributed by atoms with van der Waals surface area (Å²) in [6.45, 7) is 10.0. The molecular weight excluding hydrogens is 272 g/mol. The summed E-state index contributed by atoms with van der Waals surface area (Å²) in [5.74, 6) is 0. The molecule has 0 fully saturated rings. The van der Waals surface area contributed by atoms with Gasteiger partial charge < -0.3 is 9.88 Å².